The number of hydrogen-bond donors (Lipinski definition) is 1. The predicted octanol–water partition coefficient (Wildman–Crippen LogP) is 4.20. The third-order valence-corrected chi connectivity index (χ3v) is 3.97. The summed E-state index contributed by atoms with van der Waals surface area (Å²) >= 11 is 1.34. The molecule has 0 amide bonds. The number of hydrogen-bond acceptors (Lipinski definition) is 5. The van der Waals surface area contributed by atoms with Crippen LogP contribution in [0.1, 0.15) is 10.4 Å². The maximum absolute atomic E-state index is 12.1. The summed E-state index contributed by atoms with van der Waals surface area (Å²) in [6.07, 6.45) is 1.69. The van der Waals surface area contributed by atoms with Crippen molar-refractivity contribution in [3.8, 4) is 0 Å². The van der Waals surface area contributed by atoms with Crippen molar-refractivity contribution < 1.29 is 4.79 Å². The highest BCUT2D eigenvalue weighted by atomic mass is 32.2. The van der Waals surface area contributed by atoms with Gasteiger partial charge in [0.2, 0.25) is 0 Å². The Kier molecular flexibility index (Phi) is 5.01. The van der Waals surface area contributed by atoms with Crippen LogP contribution in [0.3, 0.4) is 0 Å². The summed E-state index contributed by atoms with van der Waals surface area (Å²) in [6.45, 7) is 0. The van der Waals surface area contributed by atoms with Gasteiger partial charge in [0.1, 0.15) is 5.82 Å². The zero-order chi connectivity index (χ0) is 15.9. The van der Waals surface area contributed by atoms with Gasteiger partial charge in [-0.15, -0.1) is 0 Å². The van der Waals surface area contributed by atoms with Crippen LogP contribution in [-0.2, 0) is 0 Å². The van der Waals surface area contributed by atoms with E-state index in [1.54, 1.807) is 12.3 Å². The highest BCUT2D eigenvalue weighted by Crippen LogP contribution is 2.19. The van der Waals surface area contributed by atoms with Crippen molar-refractivity contribution in [2.45, 2.75) is 5.16 Å². The van der Waals surface area contributed by atoms with Crippen molar-refractivity contribution >= 4 is 29.1 Å². The molecule has 0 bridgehead atoms. The van der Waals surface area contributed by atoms with Gasteiger partial charge in [0, 0.05) is 17.4 Å². The Morgan fingerprint density at radius 3 is 2.39 bits per heavy atom. The molecule has 3 aromatic rings. The van der Waals surface area contributed by atoms with Gasteiger partial charge in [0.25, 0.3) is 0 Å². The van der Waals surface area contributed by atoms with E-state index >= 15 is 0 Å². The molecular formula is C18H15N3OS. The minimum Gasteiger partial charge on any atom is -0.340 e. The molecule has 0 fully saturated rings. The van der Waals surface area contributed by atoms with Crippen molar-refractivity contribution in [1.82, 2.24) is 9.97 Å². The maximum atomic E-state index is 12.1. The summed E-state index contributed by atoms with van der Waals surface area (Å²) in [4.78, 5) is 20.7. The van der Waals surface area contributed by atoms with Gasteiger partial charge in [-0.2, -0.15) is 0 Å². The first-order valence-corrected chi connectivity index (χ1v) is 8.16. The first-order valence-electron chi connectivity index (χ1n) is 7.17. The number of anilines is 2. The van der Waals surface area contributed by atoms with E-state index in [2.05, 4.69) is 15.3 Å². The van der Waals surface area contributed by atoms with Crippen molar-refractivity contribution in [2.75, 3.05) is 11.1 Å². The molecule has 0 aliphatic carbocycles. The minimum atomic E-state index is 0.0700. The quantitative estimate of drug-likeness (QED) is 0.419. The maximum Gasteiger partial charge on any atom is 0.189 e. The van der Waals surface area contributed by atoms with Crippen LogP contribution in [0.2, 0.25) is 0 Å². The van der Waals surface area contributed by atoms with E-state index < -0.39 is 0 Å². The lowest BCUT2D eigenvalue weighted by Crippen LogP contribution is -2.03. The molecule has 2 aromatic carbocycles. The molecule has 23 heavy (non-hydrogen) atoms. The number of ketones is 1. The summed E-state index contributed by atoms with van der Waals surface area (Å²) in [5.74, 6) is 1.10. The number of rotatable bonds is 6. The summed E-state index contributed by atoms with van der Waals surface area (Å²) in [7, 11) is 0. The molecule has 3 rings (SSSR count). The standard InChI is InChI=1S/C18H15N3OS/c22-16(14-7-3-1-4-8-14)13-23-18-19-12-11-17(21-18)20-15-9-5-2-6-10-15/h1-12H,13H2,(H,19,20,21). The number of carbonyl (C=O) groups excluding carboxylic acids is 1. The molecule has 1 aromatic heterocycles. The molecule has 0 saturated carbocycles. The van der Waals surface area contributed by atoms with Crippen LogP contribution in [0, 0.1) is 0 Å². The molecule has 0 atom stereocenters. The third-order valence-electron chi connectivity index (χ3n) is 3.11. The molecule has 1 heterocycles. The van der Waals surface area contributed by atoms with E-state index in [-0.39, 0.29) is 5.78 Å². The summed E-state index contributed by atoms with van der Waals surface area (Å²) < 4.78 is 0. The summed E-state index contributed by atoms with van der Waals surface area (Å²) in [6, 6.07) is 20.9. The average molecular weight is 321 g/mol. The second-order valence-electron chi connectivity index (χ2n) is 4.79. The lowest BCUT2D eigenvalue weighted by atomic mass is 10.2. The number of carbonyl (C=O) groups is 1. The fourth-order valence-corrected chi connectivity index (χ4v) is 2.71. The van der Waals surface area contributed by atoms with Gasteiger partial charge in [-0.25, -0.2) is 9.97 Å². The van der Waals surface area contributed by atoms with E-state index in [1.165, 1.54) is 11.8 Å². The molecule has 0 aliphatic heterocycles. The SMILES string of the molecule is O=C(CSc1nccc(Nc2ccccc2)n1)c1ccccc1. The Bertz CT molecular complexity index is 779. The molecule has 1 N–H and O–H groups in total. The molecule has 0 radical (unpaired) electrons. The second-order valence-corrected chi connectivity index (χ2v) is 5.74. The number of nitrogens with zero attached hydrogens (tertiary/aromatic N) is 2. The number of benzene rings is 2. The molecule has 114 valence electrons. The molecule has 0 saturated heterocycles. The van der Waals surface area contributed by atoms with E-state index in [0.717, 1.165) is 5.69 Å². The number of Topliss-reactive ketones (excluding diaryl/α,β-unsaturated/α-hetero) is 1. The van der Waals surface area contributed by atoms with Crippen LogP contribution >= 0.6 is 11.8 Å². The molecule has 0 spiro atoms. The topological polar surface area (TPSA) is 54.9 Å². The summed E-state index contributed by atoms with van der Waals surface area (Å²) in [5, 5.41) is 3.79. The second kappa shape index (κ2) is 7.56. The van der Waals surface area contributed by atoms with Crippen molar-refractivity contribution in [1.29, 1.82) is 0 Å². The Balaban J connectivity index is 1.63. The average Bonchev–Trinajstić information content (AvgIpc) is 2.62. The van der Waals surface area contributed by atoms with E-state index in [9.17, 15) is 4.79 Å². The van der Waals surface area contributed by atoms with Crippen LogP contribution in [0.25, 0.3) is 0 Å². The van der Waals surface area contributed by atoms with Gasteiger partial charge in [-0.05, 0) is 18.2 Å². The number of nitrogens with one attached hydrogen (secondary N) is 1. The molecule has 5 heteroatoms. The van der Waals surface area contributed by atoms with Crippen molar-refractivity contribution in [2.24, 2.45) is 0 Å². The Labute approximate surface area is 139 Å². The van der Waals surface area contributed by atoms with E-state index in [0.29, 0.717) is 22.3 Å². The van der Waals surface area contributed by atoms with Crippen LogP contribution in [-0.4, -0.2) is 21.5 Å². The van der Waals surface area contributed by atoms with Crippen molar-refractivity contribution in [3.05, 3.63) is 78.5 Å². The molecule has 4 nitrogen and oxygen atoms in total. The van der Waals surface area contributed by atoms with Gasteiger partial charge in [0.15, 0.2) is 10.9 Å². The first kappa shape index (κ1) is 15.2. The highest BCUT2D eigenvalue weighted by Gasteiger charge is 2.08. The lowest BCUT2D eigenvalue weighted by Gasteiger charge is -2.06. The monoisotopic (exact) mass is 321 g/mol. The summed E-state index contributed by atoms with van der Waals surface area (Å²) in [5.41, 5.74) is 1.67. The normalized spacial score (nSPS) is 10.3. The van der Waals surface area contributed by atoms with Gasteiger partial charge >= 0.3 is 0 Å². The number of thioether (sulfide) groups is 1. The Morgan fingerprint density at radius 1 is 0.957 bits per heavy atom. The van der Waals surface area contributed by atoms with Gasteiger partial charge in [0.05, 0.1) is 5.75 Å². The number of para-hydroxylation sites is 1. The van der Waals surface area contributed by atoms with Gasteiger partial charge in [-0.1, -0.05) is 60.3 Å². The van der Waals surface area contributed by atoms with Gasteiger partial charge < -0.3 is 5.32 Å². The Morgan fingerprint density at radius 2 is 1.65 bits per heavy atom. The van der Waals surface area contributed by atoms with E-state index in [1.807, 2.05) is 60.7 Å². The third kappa shape index (κ3) is 4.40. The number of aromatic nitrogens is 2. The smallest absolute Gasteiger partial charge is 0.189 e. The fraction of sp³-hybridized carbons (Fsp3) is 0.0556. The zero-order valence-electron chi connectivity index (χ0n) is 12.3. The largest absolute Gasteiger partial charge is 0.340 e. The molecule has 0 unspecified atom stereocenters. The van der Waals surface area contributed by atoms with Crippen LogP contribution in [0.15, 0.2) is 78.1 Å². The highest BCUT2D eigenvalue weighted by molar-refractivity contribution is 7.99. The minimum absolute atomic E-state index is 0.0700. The molecular weight excluding hydrogens is 306 g/mol. The van der Waals surface area contributed by atoms with Crippen molar-refractivity contribution in [3.63, 3.8) is 0 Å². The first-order chi connectivity index (χ1) is 11.3. The van der Waals surface area contributed by atoms with Crippen LogP contribution in [0.5, 0.6) is 0 Å². The lowest BCUT2D eigenvalue weighted by molar-refractivity contribution is 0.102. The van der Waals surface area contributed by atoms with Crippen LogP contribution in [0.4, 0.5) is 11.5 Å². The fourth-order valence-electron chi connectivity index (χ4n) is 1.99. The zero-order valence-corrected chi connectivity index (χ0v) is 13.2. The van der Waals surface area contributed by atoms with Crippen LogP contribution < -0.4 is 5.32 Å². The van der Waals surface area contributed by atoms with Gasteiger partial charge in [-0.3, -0.25) is 4.79 Å². The predicted molar refractivity (Wildman–Crippen MR) is 93.3 cm³/mol. The Hall–Kier alpha value is -2.66. The van der Waals surface area contributed by atoms with E-state index in [4.69, 9.17) is 0 Å². The molecule has 0 aliphatic rings.